The van der Waals surface area contributed by atoms with Gasteiger partial charge >= 0.3 is 0 Å². The molecular formula is C11H10BrN5O2. The molecule has 0 saturated carbocycles. The first-order valence-corrected chi connectivity index (χ1v) is 6.52. The fraction of sp³-hybridized carbons (Fsp3) is 0.273. The first-order valence-electron chi connectivity index (χ1n) is 5.73. The largest absolute Gasteiger partial charge is 0.355 e. The van der Waals surface area contributed by atoms with Gasteiger partial charge in [0, 0.05) is 25.0 Å². The van der Waals surface area contributed by atoms with Crippen molar-refractivity contribution in [2.24, 2.45) is 0 Å². The van der Waals surface area contributed by atoms with Gasteiger partial charge in [-0.2, -0.15) is 0 Å². The Kier molecular flexibility index (Phi) is 2.94. The number of amides is 2. The molecule has 98 valence electrons. The molecule has 1 unspecified atom stereocenters. The summed E-state index contributed by atoms with van der Waals surface area (Å²) in [5, 5.41) is 5.33. The smallest absolute Gasteiger partial charge is 0.249 e. The van der Waals surface area contributed by atoms with Gasteiger partial charge in [0.1, 0.15) is 10.6 Å². The highest BCUT2D eigenvalue weighted by atomic mass is 79.9. The number of fused-ring (bicyclic) bond motifs is 1. The molecule has 1 fully saturated rings. The fourth-order valence-electron chi connectivity index (χ4n) is 1.99. The molecule has 2 amide bonds. The van der Waals surface area contributed by atoms with Crippen molar-refractivity contribution in [3.8, 4) is 0 Å². The van der Waals surface area contributed by atoms with Crippen molar-refractivity contribution in [2.45, 2.75) is 18.9 Å². The summed E-state index contributed by atoms with van der Waals surface area (Å²) in [6.07, 6.45) is 5.99. The third-order valence-corrected chi connectivity index (χ3v) is 3.28. The highest BCUT2D eigenvalue weighted by Gasteiger charge is 2.27. The molecule has 0 bridgehead atoms. The average Bonchev–Trinajstić information content (AvgIpc) is 2.80. The summed E-state index contributed by atoms with van der Waals surface area (Å²) in [7, 11) is 0. The molecule has 8 heteroatoms. The van der Waals surface area contributed by atoms with E-state index in [9.17, 15) is 9.59 Å². The fourth-order valence-corrected chi connectivity index (χ4v) is 2.39. The van der Waals surface area contributed by atoms with E-state index in [1.807, 2.05) is 0 Å². The lowest BCUT2D eigenvalue weighted by Gasteiger charge is -2.22. The molecule has 1 aliphatic rings. The average molecular weight is 324 g/mol. The van der Waals surface area contributed by atoms with E-state index < -0.39 is 6.04 Å². The highest BCUT2D eigenvalue weighted by Crippen LogP contribution is 2.19. The van der Waals surface area contributed by atoms with Gasteiger partial charge in [-0.3, -0.25) is 14.9 Å². The molecule has 0 aliphatic carbocycles. The molecule has 2 N–H and O–H groups in total. The zero-order chi connectivity index (χ0) is 13.4. The van der Waals surface area contributed by atoms with Crippen LogP contribution in [0.25, 0.3) is 5.65 Å². The second kappa shape index (κ2) is 4.61. The Morgan fingerprint density at radius 3 is 3.11 bits per heavy atom. The van der Waals surface area contributed by atoms with E-state index in [1.165, 1.54) is 0 Å². The van der Waals surface area contributed by atoms with Crippen LogP contribution >= 0.6 is 15.9 Å². The molecule has 1 saturated heterocycles. The number of rotatable bonds is 2. The summed E-state index contributed by atoms with van der Waals surface area (Å²) < 4.78 is 2.43. The van der Waals surface area contributed by atoms with Crippen LogP contribution < -0.4 is 10.6 Å². The van der Waals surface area contributed by atoms with Crippen molar-refractivity contribution < 1.29 is 9.59 Å². The normalized spacial score (nSPS) is 19.5. The van der Waals surface area contributed by atoms with E-state index in [4.69, 9.17) is 0 Å². The number of aromatic nitrogens is 3. The number of nitrogens with zero attached hydrogens (tertiary/aromatic N) is 3. The highest BCUT2D eigenvalue weighted by molar-refractivity contribution is 9.10. The Labute approximate surface area is 116 Å². The van der Waals surface area contributed by atoms with Crippen LogP contribution in [0.2, 0.25) is 0 Å². The summed E-state index contributed by atoms with van der Waals surface area (Å²) >= 11 is 3.30. The van der Waals surface area contributed by atoms with Crippen molar-refractivity contribution in [3.05, 3.63) is 23.2 Å². The second-order valence-electron chi connectivity index (χ2n) is 4.22. The Balaban J connectivity index is 1.91. The Hall–Kier alpha value is -1.96. The molecule has 1 atom stereocenters. The van der Waals surface area contributed by atoms with Crippen molar-refractivity contribution in [3.63, 3.8) is 0 Å². The minimum Gasteiger partial charge on any atom is -0.355 e. The first-order chi connectivity index (χ1) is 9.13. The number of nitrogens with one attached hydrogen (secondary N) is 2. The molecule has 19 heavy (non-hydrogen) atoms. The number of hydrogen-bond donors (Lipinski definition) is 2. The summed E-state index contributed by atoms with van der Waals surface area (Å²) in [6, 6.07) is -0.472. The minimum atomic E-state index is -0.472. The number of hydrogen-bond acceptors (Lipinski definition) is 5. The van der Waals surface area contributed by atoms with Gasteiger partial charge in [0.25, 0.3) is 0 Å². The molecule has 0 aromatic carbocycles. The molecule has 3 heterocycles. The van der Waals surface area contributed by atoms with Gasteiger partial charge in [-0.15, -0.1) is 0 Å². The maximum Gasteiger partial charge on any atom is 0.249 e. The van der Waals surface area contributed by atoms with Crippen molar-refractivity contribution in [1.82, 2.24) is 19.7 Å². The van der Waals surface area contributed by atoms with Crippen LogP contribution in [0.4, 0.5) is 5.82 Å². The van der Waals surface area contributed by atoms with E-state index in [-0.39, 0.29) is 11.8 Å². The molecule has 7 nitrogen and oxygen atoms in total. The monoisotopic (exact) mass is 323 g/mol. The number of halogens is 1. The van der Waals surface area contributed by atoms with Crippen molar-refractivity contribution >= 4 is 39.2 Å². The SMILES string of the molecule is O=C1CCC(Nc2nc(Br)cn3ccnc23)C(=O)N1. The topological polar surface area (TPSA) is 88.4 Å². The summed E-state index contributed by atoms with van der Waals surface area (Å²) in [6.45, 7) is 0. The quantitative estimate of drug-likeness (QED) is 0.794. The molecular weight excluding hydrogens is 314 g/mol. The van der Waals surface area contributed by atoms with Gasteiger partial charge in [0.15, 0.2) is 11.5 Å². The maximum absolute atomic E-state index is 11.7. The Morgan fingerprint density at radius 2 is 2.32 bits per heavy atom. The summed E-state index contributed by atoms with van der Waals surface area (Å²) in [5.41, 5.74) is 0.632. The number of carbonyl (C=O) groups excluding carboxylic acids is 2. The summed E-state index contributed by atoms with van der Waals surface area (Å²) in [5.74, 6) is -0.0622. The van der Waals surface area contributed by atoms with Crippen LogP contribution in [-0.4, -0.2) is 32.2 Å². The number of anilines is 1. The van der Waals surface area contributed by atoms with E-state index in [0.717, 1.165) is 0 Å². The number of carbonyl (C=O) groups is 2. The zero-order valence-electron chi connectivity index (χ0n) is 9.76. The van der Waals surface area contributed by atoms with Crippen molar-refractivity contribution in [1.29, 1.82) is 0 Å². The number of piperidine rings is 1. The molecule has 1 aliphatic heterocycles. The molecule has 3 rings (SSSR count). The van der Waals surface area contributed by atoms with Crippen molar-refractivity contribution in [2.75, 3.05) is 5.32 Å². The second-order valence-corrected chi connectivity index (χ2v) is 5.03. The van der Waals surface area contributed by atoms with Gasteiger partial charge in [-0.05, 0) is 22.4 Å². The molecule has 0 spiro atoms. The Morgan fingerprint density at radius 1 is 1.47 bits per heavy atom. The van der Waals surface area contributed by atoms with Gasteiger partial charge in [0.05, 0.1) is 0 Å². The van der Waals surface area contributed by atoms with Gasteiger partial charge in [0.2, 0.25) is 11.8 Å². The van der Waals surface area contributed by atoms with E-state index in [1.54, 1.807) is 23.0 Å². The van der Waals surface area contributed by atoms with Crippen LogP contribution in [0.15, 0.2) is 23.2 Å². The van der Waals surface area contributed by atoms with Gasteiger partial charge < -0.3 is 9.72 Å². The first kappa shape index (κ1) is 12.1. The minimum absolute atomic E-state index is 0.240. The van der Waals surface area contributed by atoms with Crippen LogP contribution in [0.5, 0.6) is 0 Å². The molecule has 2 aromatic rings. The van der Waals surface area contributed by atoms with Gasteiger partial charge in [-0.1, -0.05) is 0 Å². The summed E-state index contributed by atoms with van der Waals surface area (Å²) in [4.78, 5) is 31.3. The lowest BCUT2D eigenvalue weighted by atomic mass is 10.1. The predicted molar refractivity (Wildman–Crippen MR) is 70.5 cm³/mol. The standard InChI is InChI=1S/C11H10BrN5O2/c12-7-5-17-4-3-13-10(17)9(15-7)14-6-1-2-8(18)16-11(6)19/h3-6H,1-2H2,(H,14,15)(H,16,18,19). The lowest BCUT2D eigenvalue weighted by molar-refractivity contribution is -0.133. The maximum atomic E-state index is 11.7. The van der Waals surface area contributed by atoms with E-state index >= 15 is 0 Å². The number of imidazole rings is 1. The Bertz CT molecular complexity index is 668. The van der Waals surface area contributed by atoms with Gasteiger partial charge in [-0.25, -0.2) is 9.97 Å². The van der Waals surface area contributed by atoms with E-state index in [0.29, 0.717) is 28.9 Å². The van der Waals surface area contributed by atoms with E-state index in [2.05, 4.69) is 36.5 Å². The number of imide groups is 1. The lowest BCUT2D eigenvalue weighted by Crippen LogP contribution is -2.47. The van der Waals surface area contributed by atoms with Crippen LogP contribution in [0, 0.1) is 0 Å². The molecule has 2 aromatic heterocycles. The third kappa shape index (κ3) is 2.30. The zero-order valence-corrected chi connectivity index (χ0v) is 11.3. The van der Waals surface area contributed by atoms with Crippen LogP contribution in [-0.2, 0) is 9.59 Å². The van der Waals surface area contributed by atoms with Crippen LogP contribution in [0.1, 0.15) is 12.8 Å². The predicted octanol–water partition coefficient (Wildman–Crippen LogP) is 0.709. The molecule has 0 radical (unpaired) electrons. The van der Waals surface area contributed by atoms with Crippen LogP contribution in [0.3, 0.4) is 0 Å². The third-order valence-electron chi connectivity index (χ3n) is 2.89.